The van der Waals surface area contributed by atoms with Crippen LogP contribution in [0, 0.1) is 5.82 Å². The summed E-state index contributed by atoms with van der Waals surface area (Å²) in [4.78, 5) is 29.4. The van der Waals surface area contributed by atoms with Crippen molar-refractivity contribution in [1.29, 1.82) is 0 Å². The first-order valence-corrected chi connectivity index (χ1v) is 10.8. The van der Waals surface area contributed by atoms with E-state index in [4.69, 9.17) is 0 Å². The number of fused-ring (bicyclic) bond motifs is 3. The Hall–Kier alpha value is -3.91. The Kier molecular flexibility index (Phi) is 5.43. The number of urea groups is 2. The van der Waals surface area contributed by atoms with E-state index in [-0.39, 0.29) is 36.8 Å². The minimum absolute atomic E-state index is 0.0858. The van der Waals surface area contributed by atoms with Gasteiger partial charge in [-0.1, -0.05) is 48.5 Å². The van der Waals surface area contributed by atoms with Crippen LogP contribution in [0.3, 0.4) is 0 Å². The van der Waals surface area contributed by atoms with Crippen molar-refractivity contribution in [3.8, 4) is 0 Å². The van der Waals surface area contributed by atoms with Gasteiger partial charge in [0.25, 0.3) is 0 Å². The second-order valence-corrected chi connectivity index (χ2v) is 8.13. The van der Waals surface area contributed by atoms with Crippen molar-refractivity contribution in [3.05, 3.63) is 90.2 Å². The molecule has 4 amide bonds. The fraction of sp³-hybridized carbons (Fsp3) is 0.200. The summed E-state index contributed by atoms with van der Waals surface area (Å²) in [5, 5.41) is 15.6. The van der Waals surface area contributed by atoms with Crippen LogP contribution in [0.4, 0.5) is 31.0 Å². The van der Waals surface area contributed by atoms with Crippen LogP contribution in [0.15, 0.2) is 78.9 Å². The van der Waals surface area contributed by atoms with Crippen LogP contribution in [-0.4, -0.2) is 47.3 Å². The third-order valence-electron chi connectivity index (χ3n) is 6.31. The molecule has 0 saturated carbocycles. The predicted octanol–water partition coefficient (Wildman–Crippen LogP) is 4.24. The number of benzene rings is 3. The highest BCUT2D eigenvalue weighted by Gasteiger charge is 2.55. The number of rotatable bonds is 3. The van der Waals surface area contributed by atoms with Gasteiger partial charge < -0.3 is 20.6 Å². The molecule has 2 heterocycles. The van der Waals surface area contributed by atoms with Crippen molar-refractivity contribution in [2.45, 2.75) is 18.0 Å². The normalized spacial score (nSPS) is 20.8. The number of carbonyl (C=O) groups is 2. The summed E-state index contributed by atoms with van der Waals surface area (Å²) >= 11 is 0. The number of para-hydroxylation sites is 3. The molecule has 3 N–H and O–H groups in total. The lowest BCUT2D eigenvalue weighted by molar-refractivity contribution is -0.00181. The average Bonchev–Trinajstić information content (AvgIpc) is 2.81. The number of aliphatic hydroxyl groups excluding tert-OH is 1. The number of halogens is 1. The number of hydrogen-bond donors (Lipinski definition) is 3. The molecular weight excluding hydrogens is 423 g/mol. The SMILES string of the molecule is O=C(Nc1ccccc1F)N1C[C@H]2[C@@H](c3ccccc31)[C@H](CO)N2C(=O)Nc1ccccc1. The molecule has 2 aliphatic heterocycles. The van der Waals surface area contributed by atoms with Crippen molar-refractivity contribution in [1.82, 2.24) is 4.90 Å². The van der Waals surface area contributed by atoms with E-state index in [0.29, 0.717) is 11.4 Å². The van der Waals surface area contributed by atoms with E-state index in [1.807, 2.05) is 42.5 Å². The molecule has 0 bridgehead atoms. The number of anilines is 3. The maximum absolute atomic E-state index is 14.1. The third kappa shape index (κ3) is 3.68. The Morgan fingerprint density at radius 3 is 2.36 bits per heavy atom. The van der Waals surface area contributed by atoms with Crippen LogP contribution in [0.25, 0.3) is 0 Å². The lowest BCUT2D eigenvalue weighted by Gasteiger charge is -2.58. The first-order valence-electron chi connectivity index (χ1n) is 10.8. The number of nitrogens with one attached hydrogen (secondary N) is 2. The molecule has 0 radical (unpaired) electrons. The Balaban J connectivity index is 1.43. The number of hydrogen-bond acceptors (Lipinski definition) is 3. The molecule has 3 aromatic carbocycles. The summed E-state index contributed by atoms with van der Waals surface area (Å²) in [5.41, 5.74) is 2.30. The fourth-order valence-electron chi connectivity index (χ4n) is 4.81. The largest absolute Gasteiger partial charge is 0.394 e. The molecule has 0 spiro atoms. The van der Waals surface area contributed by atoms with Gasteiger partial charge in [0, 0.05) is 23.8 Å². The van der Waals surface area contributed by atoms with E-state index in [9.17, 15) is 19.1 Å². The molecule has 2 aliphatic rings. The average molecular weight is 446 g/mol. The smallest absolute Gasteiger partial charge is 0.326 e. The van der Waals surface area contributed by atoms with E-state index in [2.05, 4.69) is 10.6 Å². The van der Waals surface area contributed by atoms with Crippen LogP contribution in [0.1, 0.15) is 11.5 Å². The molecule has 3 aromatic rings. The van der Waals surface area contributed by atoms with Crippen molar-refractivity contribution < 1.29 is 19.1 Å². The lowest BCUT2D eigenvalue weighted by Crippen LogP contribution is -2.71. The van der Waals surface area contributed by atoms with Gasteiger partial charge in [0.15, 0.2) is 0 Å². The summed E-state index contributed by atoms with van der Waals surface area (Å²) in [6.07, 6.45) is 0. The molecule has 1 saturated heterocycles. The quantitative estimate of drug-likeness (QED) is 0.563. The standard InChI is InChI=1S/C25H23FN4O3/c26-18-11-5-6-12-19(18)28-24(32)29-14-21-23(17-10-4-7-13-20(17)29)22(15-31)30(21)25(33)27-16-8-2-1-3-9-16/h1-13,21-23,31H,14-15H2,(H,27,33)(H,28,32)/t21-,22-,23+/m0/s1. The van der Waals surface area contributed by atoms with Crippen molar-refractivity contribution in [2.24, 2.45) is 0 Å². The molecule has 33 heavy (non-hydrogen) atoms. The summed E-state index contributed by atoms with van der Waals surface area (Å²) in [7, 11) is 0. The highest BCUT2D eigenvalue weighted by Crippen LogP contribution is 2.48. The minimum Gasteiger partial charge on any atom is -0.394 e. The minimum atomic E-state index is -0.526. The molecule has 5 rings (SSSR count). The predicted molar refractivity (Wildman–Crippen MR) is 124 cm³/mol. The van der Waals surface area contributed by atoms with Gasteiger partial charge in [0.05, 0.1) is 24.4 Å². The first-order chi connectivity index (χ1) is 16.1. The van der Waals surface area contributed by atoms with Crippen LogP contribution < -0.4 is 15.5 Å². The topological polar surface area (TPSA) is 84.9 Å². The van der Waals surface area contributed by atoms with Crippen LogP contribution >= 0.6 is 0 Å². The molecule has 0 aromatic heterocycles. The van der Waals surface area contributed by atoms with Crippen LogP contribution in [-0.2, 0) is 0 Å². The molecule has 1 fully saturated rings. The number of amides is 4. The van der Waals surface area contributed by atoms with E-state index in [1.54, 1.807) is 29.2 Å². The van der Waals surface area contributed by atoms with Crippen molar-refractivity contribution >= 4 is 29.1 Å². The van der Waals surface area contributed by atoms with Gasteiger partial charge in [0.1, 0.15) is 5.82 Å². The number of aliphatic hydroxyl groups is 1. The molecule has 0 unspecified atom stereocenters. The number of likely N-dealkylation sites (tertiary alicyclic amines) is 1. The zero-order chi connectivity index (χ0) is 22.9. The molecule has 8 heteroatoms. The Morgan fingerprint density at radius 2 is 1.61 bits per heavy atom. The summed E-state index contributed by atoms with van der Waals surface area (Å²) in [5.74, 6) is -0.632. The van der Waals surface area contributed by atoms with Crippen LogP contribution in [0.5, 0.6) is 0 Å². The molecule has 0 aliphatic carbocycles. The molecule has 168 valence electrons. The number of nitrogens with zero attached hydrogens (tertiary/aromatic N) is 2. The van der Waals surface area contributed by atoms with Gasteiger partial charge in [-0.3, -0.25) is 4.90 Å². The maximum Gasteiger partial charge on any atom is 0.326 e. The number of carbonyl (C=O) groups excluding carboxylic acids is 2. The van der Waals surface area contributed by atoms with E-state index < -0.39 is 17.9 Å². The zero-order valence-corrected chi connectivity index (χ0v) is 17.7. The van der Waals surface area contributed by atoms with Crippen molar-refractivity contribution in [2.75, 3.05) is 28.7 Å². The van der Waals surface area contributed by atoms with E-state index in [1.165, 1.54) is 17.0 Å². The van der Waals surface area contributed by atoms with Gasteiger partial charge in [-0.2, -0.15) is 0 Å². The van der Waals surface area contributed by atoms with Gasteiger partial charge >= 0.3 is 12.1 Å². The molecule has 3 atom stereocenters. The van der Waals surface area contributed by atoms with Gasteiger partial charge in [0.2, 0.25) is 0 Å². The Labute approximate surface area is 190 Å². The second kappa shape index (κ2) is 8.55. The van der Waals surface area contributed by atoms with Gasteiger partial charge in [-0.15, -0.1) is 0 Å². The third-order valence-corrected chi connectivity index (χ3v) is 6.31. The van der Waals surface area contributed by atoms with E-state index >= 15 is 0 Å². The van der Waals surface area contributed by atoms with Crippen LogP contribution in [0.2, 0.25) is 0 Å². The zero-order valence-electron chi connectivity index (χ0n) is 17.7. The maximum atomic E-state index is 14.1. The summed E-state index contributed by atoms with van der Waals surface area (Å²) in [6, 6.07) is 20.9. The highest BCUT2D eigenvalue weighted by atomic mass is 19.1. The fourth-order valence-corrected chi connectivity index (χ4v) is 4.81. The lowest BCUT2D eigenvalue weighted by atomic mass is 9.72. The second-order valence-electron chi connectivity index (χ2n) is 8.13. The van der Waals surface area contributed by atoms with Gasteiger partial charge in [-0.25, -0.2) is 14.0 Å². The monoisotopic (exact) mass is 446 g/mol. The summed E-state index contributed by atoms with van der Waals surface area (Å²) in [6.45, 7) is 0.0276. The molecular formula is C25H23FN4O3. The first kappa shape index (κ1) is 21.0. The Bertz CT molecular complexity index is 1190. The molecule has 7 nitrogen and oxygen atoms in total. The van der Waals surface area contributed by atoms with E-state index in [0.717, 1.165) is 5.56 Å². The van der Waals surface area contributed by atoms with Gasteiger partial charge in [-0.05, 0) is 35.9 Å². The summed E-state index contributed by atoms with van der Waals surface area (Å²) < 4.78 is 14.1. The highest BCUT2D eigenvalue weighted by molar-refractivity contribution is 6.03. The van der Waals surface area contributed by atoms with Crippen molar-refractivity contribution in [3.63, 3.8) is 0 Å². The Morgan fingerprint density at radius 1 is 0.909 bits per heavy atom.